The molecule has 4 heterocycles. The molecule has 0 unspecified atom stereocenters. The molecule has 2 aromatic heterocycles. The maximum Gasteiger partial charge on any atom is 0.352 e. The van der Waals surface area contributed by atoms with Crippen LogP contribution in [-0.4, -0.2) is 121 Å². The van der Waals surface area contributed by atoms with Crippen molar-refractivity contribution in [3.05, 3.63) is 17.1 Å². The number of aromatic nitrogens is 7. The molecule has 2 aliphatic rings. The van der Waals surface area contributed by atoms with Gasteiger partial charge in [0.05, 0.1) is 0 Å². The number of aliphatic carboxylic acids is 3. The molecule has 0 spiro atoms. The van der Waals surface area contributed by atoms with Crippen LogP contribution < -0.4 is 11.1 Å². The van der Waals surface area contributed by atoms with Gasteiger partial charge in [0, 0.05) is 11.5 Å². The van der Waals surface area contributed by atoms with Crippen LogP contribution in [-0.2, 0) is 41.9 Å². The lowest BCUT2D eigenvalue weighted by Gasteiger charge is -2.49. The number of thioether (sulfide) groups is 2. The average molecular weight is 598 g/mol. The summed E-state index contributed by atoms with van der Waals surface area (Å²) in [4.78, 5) is 69.6. The lowest BCUT2D eigenvalue weighted by atomic mass is 10.0. The number of nitrogen functional groups attached to an aromatic ring is 1. The molecule has 22 heteroatoms. The fourth-order valence-electron chi connectivity index (χ4n) is 3.66. The van der Waals surface area contributed by atoms with E-state index >= 15 is 0 Å². The van der Waals surface area contributed by atoms with Crippen LogP contribution in [0.3, 0.4) is 0 Å². The van der Waals surface area contributed by atoms with Crippen LogP contribution in [0, 0.1) is 0 Å². The van der Waals surface area contributed by atoms with Gasteiger partial charge in [-0.3, -0.25) is 24.1 Å². The summed E-state index contributed by atoms with van der Waals surface area (Å²) in [5.41, 5.74) is 5.26. The van der Waals surface area contributed by atoms with E-state index in [1.807, 2.05) is 0 Å². The van der Waals surface area contributed by atoms with E-state index in [4.69, 9.17) is 15.9 Å². The van der Waals surface area contributed by atoms with Gasteiger partial charge in [0.15, 0.2) is 0 Å². The molecule has 0 bridgehead atoms. The van der Waals surface area contributed by atoms with Crippen molar-refractivity contribution in [2.75, 3.05) is 24.3 Å². The first-order valence-corrected chi connectivity index (χ1v) is 12.9. The molecule has 1 fully saturated rings. The van der Waals surface area contributed by atoms with E-state index < -0.39 is 59.9 Å². The number of anilines is 1. The van der Waals surface area contributed by atoms with Crippen molar-refractivity contribution in [1.29, 1.82) is 0 Å². The monoisotopic (exact) mass is 597 g/mol. The van der Waals surface area contributed by atoms with Gasteiger partial charge in [-0.05, 0) is 16.0 Å². The second-order valence-electron chi connectivity index (χ2n) is 7.89. The van der Waals surface area contributed by atoms with Gasteiger partial charge < -0.3 is 31.2 Å². The Kier molecular flexibility index (Phi) is 8.18. The van der Waals surface area contributed by atoms with Crippen molar-refractivity contribution < 1.29 is 44.1 Å². The van der Waals surface area contributed by atoms with Gasteiger partial charge in [0.1, 0.15) is 37.3 Å². The molecule has 0 radical (unpaired) electrons. The molecule has 2 aromatic rings. The molecular formula is C18H19N11O9S2. The van der Waals surface area contributed by atoms with Gasteiger partial charge in [0.2, 0.25) is 22.6 Å². The Hall–Kier alpha value is -4.73. The molecule has 0 aliphatic carbocycles. The minimum absolute atomic E-state index is 0.0545. The quantitative estimate of drug-likeness (QED) is 0.0700. The number of fused-ring (bicyclic) bond motifs is 1. The van der Waals surface area contributed by atoms with Crippen molar-refractivity contribution in [1.82, 2.24) is 45.2 Å². The van der Waals surface area contributed by atoms with Gasteiger partial charge in [-0.1, -0.05) is 16.9 Å². The zero-order chi connectivity index (χ0) is 29.1. The van der Waals surface area contributed by atoms with Gasteiger partial charge in [0.25, 0.3) is 11.8 Å². The second-order valence-corrected chi connectivity index (χ2v) is 9.93. The summed E-state index contributed by atoms with van der Waals surface area (Å²) in [6, 6.07) is -1.13. The van der Waals surface area contributed by atoms with Gasteiger partial charge in [-0.15, -0.1) is 22.0 Å². The molecule has 0 aromatic carbocycles. The minimum Gasteiger partial charge on any atom is -0.480 e. The number of nitrogens with one attached hydrogen (secondary N) is 1. The highest BCUT2D eigenvalue weighted by Crippen LogP contribution is 2.41. The summed E-state index contributed by atoms with van der Waals surface area (Å²) in [7, 11) is 1.14. The van der Waals surface area contributed by atoms with E-state index in [9.17, 15) is 29.1 Å². The molecule has 212 valence electrons. The maximum atomic E-state index is 13.0. The van der Waals surface area contributed by atoms with Crippen LogP contribution in [0.4, 0.5) is 5.95 Å². The average Bonchev–Trinajstić information content (AvgIpc) is 3.48. The molecule has 0 saturated carbocycles. The van der Waals surface area contributed by atoms with Crippen LogP contribution in [0.5, 0.6) is 0 Å². The van der Waals surface area contributed by atoms with Crippen molar-refractivity contribution in [3.8, 4) is 0 Å². The van der Waals surface area contributed by atoms with Crippen LogP contribution in [0.2, 0.25) is 0 Å². The Morgan fingerprint density at radius 3 is 2.55 bits per heavy atom. The Morgan fingerprint density at radius 1 is 1.20 bits per heavy atom. The number of carboxylic acids is 3. The second kappa shape index (κ2) is 11.6. The molecule has 2 amide bonds. The van der Waals surface area contributed by atoms with Crippen molar-refractivity contribution in [2.24, 2.45) is 5.16 Å². The van der Waals surface area contributed by atoms with Crippen LogP contribution in [0.15, 0.2) is 21.6 Å². The number of carboxylic acid groups (broad SMARTS) is 3. The number of nitrogens with zero attached hydrogens (tertiary/aromatic N) is 9. The third-order valence-electron chi connectivity index (χ3n) is 5.29. The van der Waals surface area contributed by atoms with E-state index in [0.29, 0.717) is 5.57 Å². The number of hydrogen-bond acceptors (Lipinski definition) is 15. The first-order valence-electron chi connectivity index (χ1n) is 10.9. The summed E-state index contributed by atoms with van der Waals surface area (Å²) in [5.74, 6) is -5.87. The van der Waals surface area contributed by atoms with E-state index in [1.165, 1.54) is 11.8 Å². The number of nitrogens with two attached hydrogens (primary N) is 1. The third kappa shape index (κ3) is 5.66. The summed E-state index contributed by atoms with van der Waals surface area (Å²) in [5, 5.41) is 47.8. The Labute approximate surface area is 230 Å². The number of hydrogen-bond donors (Lipinski definition) is 5. The number of carbonyl (C=O) groups excluding carboxylic acids is 2. The number of carbonyl (C=O) groups is 5. The molecule has 1 saturated heterocycles. The fraction of sp³-hybridized carbons (Fsp3) is 0.389. The zero-order valence-corrected chi connectivity index (χ0v) is 21.8. The van der Waals surface area contributed by atoms with E-state index in [-0.39, 0.29) is 34.1 Å². The van der Waals surface area contributed by atoms with Crippen LogP contribution in [0.1, 0.15) is 5.82 Å². The summed E-state index contributed by atoms with van der Waals surface area (Å²) >= 11 is 2.20. The third-order valence-corrected chi connectivity index (χ3v) is 7.67. The standard InChI is InChI=1S/C18H19N11O9S2/c1-38-24-9(12-21-17(19)27(23-12)2-7(30)31)13(34)20-10-14(35)29-11(16(36)37)6(4-39-15(10)29)5-40-18-22-25-26-28(18)3-8(32)33/h10,15H,2-5H2,1H3,(H,20,34)(H,30,31)(H,32,33)(H,36,37)(H2,19,21,23)/b24-9-/t10-,15-/m1/s1. The van der Waals surface area contributed by atoms with Gasteiger partial charge in [-0.25, -0.2) is 14.2 Å². The number of tetrazole rings is 1. The lowest BCUT2D eigenvalue weighted by molar-refractivity contribution is -0.150. The molecule has 6 N–H and O–H groups in total. The highest BCUT2D eigenvalue weighted by Gasteiger charge is 2.54. The number of β-lactam (4-membered cyclic amide) rings is 1. The molecule has 2 atom stereocenters. The predicted molar refractivity (Wildman–Crippen MR) is 131 cm³/mol. The largest absolute Gasteiger partial charge is 0.480 e. The summed E-state index contributed by atoms with van der Waals surface area (Å²) in [6.07, 6.45) is 0. The first-order chi connectivity index (χ1) is 19.0. The highest BCUT2D eigenvalue weighted by atomic mass is 32.2. The lowest BCUT2D eigenvalue weighted by Crippen LogP contribution is -2.71. The maximum absolute atomic E-state index is 13.0. The first kappa shape index (κ1) is 28.3. The smallest absolute Gasteiger partial charge is 0.352 e. The van der Waals surface area contributed by atoms with E-state index in [2.05, 4.69) is 40.9 Å². The van der Waals surface area contributed by atoms with Crippen molar-refractivity contribution >= 4 is 64.9 Å². The van der Waals surface area contributed by atoms with Gasteiger partial charge >= 0.3 is 17.9 Å². The van der Waals surface area contributed by atoms with E-state index in [0.717, 1.165) is 33.1 Å². The van der Waals surface area contributed by atoms with Crippen molar-refractivity contribution in [3.63, 3.8) is 0 Å². The molecular weight excluding hydrogens is 578 g/mol. The number of oxime groups is 1. The molecule has 4 rings (SSSR count). The van der Waals surface area contributed by atoms with Gasteiger partial charge in [-0.2, -0.15) is 4.98 Å². The normalized spacial score (nSPS) is 18.7. The van der Waals surface area contributed by atoms with Crippen LogP contribution >= 0.6 is 23.5 Å². The Bertz CT molecular complexity index is 1450. The van der Waals surface area contributed by atoms with Crippen molar-refractivity contribution in [2.45, 2.75) is 29.7 Å². The summed E-state index contributed by atoms with van der Waals surface area (Å²) in [6.45, 7) is -1.12. The fourth-order valence-corrected chi connectivity index (χ4v) is 6.02. The zero-order valence-electron chi connectivity index (χ0n) is 20.2. The SMILES string of the molecule is CO/N=C(\C(=O)N[C@@H]1C(=O)N2C(C(=O)O)=C(CSc3nnnn3CC(=O)O)CS[C@H]12)c1nc(N)n(CC(=O)O)n1. The highest BCUT2D eigenvalue weighted by molar-refractivity contribution is 8.01. The number of rotatable bonds is 12. The molecule has 40 heavy (non-hydrogen) atoms. The summed E-state index contributed by atoms with van der Waals surface area (Å²) < 4.78 is 1.87. The predicted octanol–water partition coefficient (Wildman–Crippen LogP) is -3.10. The Balaban J connectivity index is 1.48. The molecule has 20 nitrogen and oxygen atoms in total. The topological polar surface area (TPSA) is 283 Å². The minimum atomic E-state index is -1.37. The Morgan fingerprint density at radius 2 is 1.90 bits per heavy atom. The number of amides is 2. The molecule has 2 aliphatic heterocycles. The van der Waals surface area contributed by atoms with Crippen LogP contribution in [0.25, 0.3) is 0 Å². The van der Waals surface area contributed by atoms with E-state index in [1.54, 1.807) is 0 Å².